The number of carboxylic acid groups (broad SMARTS) is 1. The van der Waals surface area contributed by atoms with Gasteiger partial charge in [0, 0.05) is 6.42 Å². The van der Waals surface area contributed by atoms with E-state index in [0.29, 0.717) is 6.42 Å². The van der Waals surface area contributed by atoms with Crippen LogP contribution in [-0.2, 0) is 4.79 Å². The molecule has 0 aliphatic carbocycles. The first-order chi connectivity index (χ1) is 10.8. The maximum atomic E-state index is 10.3. The Balaban J connectivity index is 3.42. The molecule has 0 atom stereocenters. The van der Waals surface area contributed by atoms with Crippen molar-refractivity contribution >= 4 is 5.97 Å². The van der Waals surface area contributed by atoms with Crippen LogP contribution >= 0.6 is 0 Å². The molecule has 124 valence electrons. The van der Waals surface area contributed by atoms with Gasteiger partial charge in [0.1, 0.15) is 0 Å². The molecular formula is C20H32O2. The van der Waals surface area contributed by atoms with E-state index in [4.69, 9.17) is 5.11 Å². The third-order valence-corrected chi connectivity index (χ3v) is 3.33. The highest BCUT2D eigenvalue weighted by molar-refractivity contribution is 5.66. The molecule has 0 fully saturated rings. The Hall–Kier alpha value is -1.57. The van der Waals surface area contributed by atoms with Crippen molar-refractivity contribution in [1.82, 2.24) is 0 Å². The van der Waals surface area contributed by atoms with Gasteiger partial charge in [0.05, 0.1) is 0 Å². The number of hydrogen-bond donors (Lipinski definition) is 1. The molecule has 0 aliphatic rings. The summed E-state index contributed by atoms with van der Waals surface area (Å²) in [5.74, 6) is -0.750. The van der Waals surface area contributed by atoms with Crippen molar-refractivity contribution in [2.45, 2.75) is 71.1 Å². The highest BCUT2D eigenvalue weighted by Gasteiger charge is 1.90. The number of allylic oxidation sites excluding steroid dienone is 8. The minimum Gasteiger partial charge on any atom is -0.481 e. The van der Waals surface area contributed by atoms with Crippen LogP contribution in [0.1, 0.15) is 71.1 Å². The molecule has 0 rings (SSSR count). The summed E-state index contributed by atoms with van der Waals surface area (Å²) in [6, 6.07) is 0. The average Bonchev–Trinajstić information content (AvgIpc) is 2.50. The van der Waals surface area contributed by atoms with Gasteiger partial charge < -0.3 is 5.11 Å². The molecule has 0 saturated heterocycles. The molecule has 0 aromatic carbocycles. The number of aliphatic carboxylic acids is 1. The van der Waals surface area contributed by atoms with Crippen LogP contribution in [0.5, 0.6) is 0 Å². The Bertz CT molecular complexity index is 362. The van der Waals surface area contributed by atoms with Gasteiger partial charge in [0.15, 0.2) is 0 Å². The van der Waals surface area contributed by atoms with Gasteiger partial charge >= 0.3 is 5.97 Å². The van der Waals surface area contributed by atoms with Crippen molar-refractivity contribution in [3.8, 4) is 0 Å². The molecular weight excluding hydrogens is 272 g/mol. The van der Waals surface area contributed by atoms with E-state index in [9.17, 15) is 4.79 Å². The quantitative estimate of drug-likeness (QED) is 0.305. The van der Waals surface area contributed by atoms with Crippen LogP contribution in [0.15, 0.2) is 48.6 Å². The molecule has 0 heterocycles. The summed E-state index contributed by atoms with van der Waals surface area (Å²) in [5, 5.41) is 8.47. The first-order valence-corrected chi connectivity index (χ1v) is 8.64. The summed E-state index contributed by atoms with van der Waals surface area (Å²) in [7, 11) is 0. The molecule has 0 aromatic rings. The van der Waals surface area contributed by atoms with Crippen molar-refractivity contribution in [1.29, 1.82) is 0 Å². The SMILES string of the molecule is CCCCCCCCC/C=C/C=C/C=C/C=C/CCC(=O)O. The van der Waals surface area contributed by atoms with Crippen LogP contribution in [0.2, 0.25) is 0 Å². The summed E-state index contributed by atoms with van der Waals surface area (Å²) in [5.41, 5.74) is 0. The smallest absolute Gasteiger partial charge is 0.303 e. The van der Waals surface area contributed by atoms with Gasteiger partial charge in [0.2, 0.25) is 0 Å². The van der Waals surface area contributed by atoms with Crippen molar-refractivity contribution in [2.75, 3.05) is 0 Å². The molecule has 1 N–H and O–H groups in total. The second-order valence-electron chi connectivity index (χ2n) is 5.47. The van der Waals surface area contributed by atoms with Crippen LogP contribution in [0.3, 0.4) is 0 Å². The highest BCUT2D eigenvalue weighted by atomic mass is 16.4. The molecule has 22 heavy (non-hydrogen) atoms. The normalized spacial score (nSPS) is 12.4. The molecule has 0 unspecified atom stereocenters. The van der Waals surface area contributed by atoms with E-state index in [1.807, 2.05) is 36.5 Å². The van der Waals surface area contributed by atoms with Gasteiger partial charge in [-0.15, -0.1) is 0 Å². The van der Waals surface area contributed by atoms with Crippen LogP contribution in [-0.4, -0.2) is 11.1 Å². The van der Waals surface area contributed by atoms with Crippen molar-refractivity contribution in [2.24, 2.45) is 0 Å². The maximum Gasteiger partial charge on any atom is 0.303 e. The maximum absolute atomic E-state index is 10.3. The van der Waals surface area contributed by atoms with E-state index in [0.717, 1.165) is 6.42 Å². The molecule has 2 heteroatoms. The molecule has 0 radical (unpaired) electrons. The lowest BCUT2D eigenvalue weighted by Gasteiger charge is -1.98. The molecule has 0 amide bonds. The van der Waals surface area contributed by atoms with Crippen molar-refractivity contribution in [3.05, 3.63) is 48.6 Å². The molecule has 2 nitrogen and oxygen atoms in total. The molecule has 0 saturated carbocycles. The van der Waals surface area contributed by atoms with Gasteiger partial charge in [0.25, 0.3) is 0 Å². The number of unbranched alkanes of at least 4 members (excludes halogenated alkanes) is 7. The first kappa shape index (κ1) is 20.4. The Morgan fingerprint density at radius 3 is 1.82 bits per heavy atom. The van der Waals surface area contributed by atoms with Crippen LogP contribution in [0.25, 0.3) is 0 Å². The zero-order valence-electron chi connectivity index (χ0n) is 14.0. The molecule has 0 bridgehead atoms. The van der Waals surface area contributed by atoms with Gasteiger partial charge in [-0.2, -0.15) is 0 Å². The summed E-state index contributed by atoms with van der Waals surface area (Å²) < 4.78 is 0. The lowest BCUT2D eigenvalue weighted by molar-refractivity contribution is -0.136. The van der Waals surface area contributed by atoms with Gasteiger partial charge in [-0.3, -0.25) is 4.79 Å². The molecule has 0 spiro atoms. The highest BCUT2D eigenvalue weighted by Crippen LogP contribution is 2.08. The van der Waals surface area contributed by atoms with Gasteiger partial charge in [-0.25, -0.2) is 0 Å². The summed E-state index contributed by atoms with van der Waals surface area (Å²) in [6.45, 7) is 2.25. The topological polar surface area (TPSA) is 37.3 Å². The third-order valence-electron chi connectivity index (χ3n) is 3.33. The standard InChI is InChI=1S/C20H32O2/c1-2-3-4-5-6-7-8-9-10-11-12-13-14-15-16-17-18-19-20(21)22/h10-17H,2-9,18-19H2,1H3,(H,21,22)/b11-10+,13-12+,15-14+,17-16+. The van der Waals surface area contributed by atoms with E-state index in [2.05, 4.69) is 19.1 Å². The number of carbonyl (C=O) groups is 1. The lowest BCUT2D eigenvalue weighted by Crippen LogP contribution is -1.91. The van der Waals surface area contributed by atoms with E-state index in [1.165, 1.54) is 44.9 Å². The van der Waals surface area contributed by atoms with Crippen LogP contribution in [0.4, 0.5) is 0 Å². The number of rotatable bonds is 14. The van der Waals surface area contributed by atoms with E-state index < -0.39 is 5.97 Å². The van der Waals surface area contributed by atoms with Crippen LogP contribution < -0.4 is 0 Å². The largest absolute Gasteiger partial charge is 0.481 e. The first-order valence-electron chi connectivity index (χ1n) is 8.64. The molecule has 0 aliphatic heterocycles. The van der Waals surface area contributed by atoms with E-state index >= 15 is 0 Å². The predicted octanol–water partition coefficient (Wildman–Crippen LogP) is 6.22. The average molecular weight is 304 g/mol. The zero-order valence-corrected chi connectivity index (χ0v) is 14.0. The number of hydrogen-bond acceptors (Lipinski definition) is 1. The van der Waals surface area contributed by atoms with Crippen molar-refractivity contribution < 1.29 is 9.90 Å². The fraction of sp³-hybridized carbons (Fsp3) is 0.550. The van der Waals surface area contributed by atoms with Gasteiger partial charge in [-0.1, -0.05) is 94.1 Å². The molecule has 0 aromatic heterocycles. The second-order valence-corrected chi connectivity index (χ2v) is 5.47. The summed E-state index contributed by atoms with van der Waals surface area (Å²) in [6.07, 6.45) is 27.4. The monoisotopic (exact) mass is 304 g/mol. The Kier molecular flexibility index (Phi) is 16.2. The Labute approximate surface area is 136 Å². The summed E-state index contributed by atoms with van der Waals surface area (Å²) in [4.78, 5) is 10.3. The van der Waals surface area contributed by atoms with E-state index in [-0.39, 0.29) is 6.42 Å². The minimum absolute atomic E-state index is 0.196. The fourth-order valence-electron chi connectivity index (χ4n) is 2.03. The zero-order chi connectivity index (χ0) is 16.3. The third kappa shape index (κ3) is 18.4. The summed E-state index contributed by atoms with van der Waals surface area (Å²) >= 11 is 0. The van der Waals surface area contributed by atoms with E-state index in [1.54, 1.807) is 0 Å². The lowest BCUT2D eigenvalue weighted by atomic mass is 10.1. The second kappa shape index (κ2) is 17.5. The van der Waals surface area contributed by atoms with Crippen LogP contribution in [0, 0.1) is 0 Å². The Morgan fingerprint density at radius 1 is 0.727 bits per heavy atom. The van der Waals surface area contributed by atoms with Crippen molar-refractivity contribution in [3.63, 3.8) is 0 Å². The minimum atomic E-state index is -0.750. The predicted molar refractivity (Wildman–Crippen MR) is 96.0 cm³/mol. The fourth-order valence-corrected chi connectivity index (χ4v) is 2.03. The Morgan fingerprint density at radius 2 is 1.23 bits per heavy atom. The van der Waals surface area contributed by atoms with Gasteiger partial charge in [-0.05, 0) is 19.3 Å². The number of carboxylic acids is 1.